The number of carboxylic acid groups (broad SMARTS) is 1. The first-order chi connectivity index (χ1) is 11.1. The molecular weight excluding hydrogens is 298 g/mol. The molecule has 0 aromatic heterocycles. The van der Waals surface area contributed by atoms with Gasteiger partial charge >= 0.3 is 12.1 Å². The van der Waals surface area contributed by atoms with Crippen molar-refractivity contribution in [3.8, 4) is 0 Å². The van der Waals surface area contributed by atoms with E-state index in [0.717, 1.165) is 18.4 Å². The first-order valence-corrected chi connectivity index (χ1v) is 7.84. The van der Waals surface area contributed by atoms with Gasteiger partial charge in [-0.3, -0.25) is 4.79 Å². The first kappa shape index (κ1) is 15.8. The van der Waals surface area contributed by atoms with Crippen LogP contribution < -0.4 is 5.32 Å². The van der Waals surface area contributed by atoms with Gasteiger partial charge in [0.05, 0.1) is 5.41 Å². The predicted molar refractivity (Wildman–Crippen MR) is 81.8 cm³/mol. The van der Waals surface area contributed by atoms with Crippen molar-refractivity contribution in [3.63, 3.8) is 0 Å². The number of alkyl carbamates (subject to hydrolysis) is 1. The van der Waals surface area contributed by atoms with E-state index in [0.29, 0.717) is 19.6 Å². The highest BCUT2D eigenvalue weighted by Gasteiger charge is 2.71. The predicted octanol–water partition coefficient (Wildman–Crippen LogP) is 2.18. The molecule has 124 valence electrons. The number of hydrogen-bond acceptors (Lipinski definition) is 4. The van der Waals surface area contributed by atoms with E-state index in [1.54, 1.807) is 0 Å². The van der Waals surface area contributed by atoms with Crippen molar-refractivity contribution < 1.29 is 24.2 Å². The second-order valence-electron chi connectivity index (χ2n) is 6.37. The van der Waals surface area contributed by atoms with E-state index in [-0.39, 0.29) is 18.6 Å². The summed E-state index contributed by atoms with van der Waals surface area (Å²) in [6.07, 6.45) is 1.49. The number of nitrogens with one attached hydrogen (secondary N) is 1. The Kier molecular flexibility index (Phi) is 4.26. The Bertz CT molecular complexity index is 582. The van der Waals surface area contributed by atoms with Crippen molar-refractivity contribution in [1.29, 1.82) is 0 Å². The molecule has 1 aromatic carbocycles. The number of benzene rings is 1. The van der Waals surface area contributed by atoms with E-state index in [9.17, 15) is 14.7 Å². The molecule has 6 heteroatoms. The molecule has 23 heavy (non-hydrogen) atoms. The van der Waals surface area contributed by atoms with Crippen LogP contribution in [0.15, 0.2) is 30.3 Å². The second-order valence-corrected chi connectivity index (χ2v) is 6.37. The zero-order valence-electron chi connectivity index (χ0n) is 12.9. The van der Waals surface area contributed by atoms with Crippen LogP contribution in [0.2, 0.25) is 0 Å². The molecule has 0 bridgehead atoms. The minimum Gasteiger partial charge on any atom is -0.481 e. The SMILES string of the molecule is O=C(NCC1(C(=O)O)CC12CCOCC2)OCc1ccccc1. The van der Waals surface area contributed by atoms with E-state index in [1.165, 1.54) is 0 Å². The molecular formula is C17H21NO5. The Hall–Kier alpha value is -2.08. The Labute approximate surface area is 134 Å². The number of carbonyl (C=O) groups is 2. The van der Waals surface area contributed by atoms with Gasteiger partial charge in [-0.15, -0.1) is 0 Å². The van der Waals surface area contributed by atoms with Crippen molar-refractivity contribution >= 4 is 12.1 Å². The molecule has 1 spiro atoms. The van der Waals surface area contributed by atoms with Gasteiger partial charge in [-0.05, 0) is 30.2 Å². The summed E-state index contributed by atoms with van der Waals surface area (Å²) in [6, 6.07) is 9.36. The molecule has 1 aromatic rings. The van der Waals surface area contributed by atoms with Crippen LogP contribution in [-0.4, -0.2) is 36.9 Å². The monoisotopic (exact) mass is 319 g/mol. The van der Waals surface area contributed by atoms with Gasteiger partial charge in [0, 0.05) is 19.8 Å². The molecule has 2 N–H and O–H groups in total. The van der Waals surface area contributed by atoms with Gasteiger partial charge in [-0.1, -0.05) is 30.3 Å². The highest BCUT2D eigenvalue weighted by molar-refractivity contribution is 5.81. The maximum atomic E-state index is 11.8. The quantitative estimate of drug-likeness (QED) is 0.869. The van der Waals surface area contributed by atoms with E-state index in [4.69, 9.17) is 9.47 Å². The lowest BCUT2D eigenvalue weighted by atomic mass is 9.86. The van der Waals surface area contributed by atoms with Crippen molar-refractivity contribution in [2.75, 3.05) is 19.8 Å². The van der Waals surface area contributed by atoms with E-state index < -0.39 is 17.5 Å². The summed E-state index contributed by atoms with van der Waals surface area (Å²) in [5, 5.41) is 12.2. The Morgan fingerprint density at radius 1 is 1.22 bits per heavy atom. The Morgan fingerprint density at radius 3 is 2.57 bits per heavy atom. The van der Waals surface area contributed by atoms with Crippen LogP contribution in [0.5, 0.6) is 0 Å². The highest BCUT2D eigenvalue weighted by Crippen LogP contribution is 2.68. The van der Waals surface area contributed by atoms with Gasteiger partial charge < -0.3 is 19.9 Å². The van der Waals surface area contributed by atoms with Crippen molar-refractivity contribution in [2.45, 2.75) is 25.9 Å². The topological polar surface area (TPSA) is 84.9 Å². The van der Waals surface area contributed by atoms with Crippen LogP contribution in [0.1, 0.15) is 24.8 Å². The normalized spacial score (nSPS) is 24.9. The molecule has 1 aliphatic carbocycles. The van der Waals surface area contributed by atoms with Crippen LogP contribution in [-0.2, 0) is 20.9 Å². The molecule has 2 aliphatic rings. The van der Waals surface area contributed by atoms with Crippen LogP contribution in [0, 0.1) is 10.8 Å². The van der Waals surface area contributed by atoms with Gasteiger partial charge in [-0.2, -0.15) is 0 Å². The number of rotatable bonds is 5. The van der Waals surface area contributed by atoms with Gasteiger partial charge in [-0.25, -0.2) is 4.79 Å². The number of hydrogen-bond donors (Lipinski definition) is 2. The number of carboxylic acids is 1. The van der Waals surface area contributed by atoms with Crippen LogP contribution >= 0.6 is 0 Å². The standard InChI is InChI=1S/C17H21NO5/c19-14(20)17(11-16(17)6-8-22-9-7-16)12-18-15(21)23-10-13-4-2-1-3-5-13/h1-5H,6-12H2,(H,18,21)(H,19,20). The molecule has 1 aliphatic heterocycles. The van der Waals surface area contributed by atoms with E-state index >= 15 is 0 Å². The molecule has 6 nitrogen and oxygen atoms in total. The minimum absolute atomic E-state index is 0.107. The van der Waals surface area contributed by atoms with Crippen LogP contribution in [0.25, 0.3) is 0 Å². The zero-order chi connectivity index (χ0) is 16.3. The molecule has 1 heterocycles. The smallest absolute Gasteiger partial charge is 0.407 e. The summed E-state index contributed by atoms with van der Waals surface area (Å²) < 4.78 is 10.5. The molecule has 0 radical (unpaired) electrons. The maximum absolute atomic E-state index is 11.8. The Balaban J connectivity index is 1.52. The maximum Gasteiger partial charge on any atom is 0.407 e. The first-order valence-electron chi connectivity index (χ1n) is 7.84. The fraction of sp³-hybridized carbons (Fsp3) is 0.529. The molecule has 3 rings (SSSR count). The Morgan fingerprint density at radius 2 is 1.91 bits per heavy atom. The number of ether oxygens (including phenoxy) is 2. The zero-order valence-corrected chi connectivity index (χ0v) is 12.9. The van der Waals surface area contributed by atoms with Gasteiger partial charge in [0.25, 0.3) is 0 Å². The summed E-state index contributed by atoms with van der Waals surface area (Å²) >= 11 is 0. The molecule has 1 saturated heterocycles. The fourth-order valence-corrected chi connectivity index (χ4v) is 3.58. The highest BCUT2D eigenvalue weighted by atomic mass is 16.5. The largest absolute Gasteiger partial charge is 0.481 e. The number of amides is 1. The number of aliphatic carboxylic acids is 1. The third kappa shape index (κ3) is 3.03. The molecule has 1 atom stereocenters. The third-order valence-corrected chi connectivity index (χ3v) is 5.14. The molecule has 1 unspecified atom stereocenters. The van der Waals surface area contributed by atoms with E-state index in [1.807, 2.05) is 30.3 Å². The van der Waals surface area contributed by atoms with Crippen molar-refractivity contribution in [1.82, 2.24) is 5.32 Å². The summed E-state index contributed by atoms with van der Waals surface area (Å²) in [4.78, 5) is 23.5. The minimum atomic E-state index is -0.872. The van der Waals surface area contributed by atoms with Crippen LogP contribution in [0.4, 0.5) is 4.79 Å². The van der Waals surface area contributed by atoms with Gasteiger partial charge in [0.15, 0.2) is 0 Å². The summed E-state index contributed by atoms with van der Waals surface area (Å²) in [7, 11) is 0. The van der Waals surface area contributed by atoms with Crippen molar-refractivity contribution in [2.24, 2.45) is 10.8 Å². The average Bonchev–Trinajstić information content (AvgIpc) is 3.20. The molecule has 1 saturated carbocycles. The van der Waals surface area contributed by atoms with Crippen molar-refractivity contribution in [3.05, 3.63) is 35.9 Å². The third-order valence-electron chi connectivity index (χ3n) is 5.14. The summed E-state index contributed by atoms with van der Waals surface area (Å²) in [5.41, 5.74) is -0.213. The summed E-state index contributed by atoms with van der Waals surface area (Å²) in [5.74, 6) is -0.845. The number of carbonyl (C=O) groups excluding carboxylic acids is 1. The van der Waals surface area contributed by atoms with Gasteiger partial charge in [0.2, 0.25) is 0 Å². The lowest BCUT2D eigenvalue weighted by molar-refractivity contribution is -0.145. The van der Waals surface area contributed by atoms with Crippen LogP contribution in [0.3, 0.4) is 0 Å². The second kappa shape index (κ2) is 6.20. The summed E-state index contributed by atoms with van der Waals surface area (Å²) in [6.45, 7) is 1.46. The lowest BCUT2D eigenvalue weighted by Crippen LogP contribution is -2.39. The molecule has 1 amide bonds. The fourth-order valence-electron chi connectivity index (χ4n) is 3.58. The van der Waals surface area contributed by atoms with Gasteiger partial charge in [0.1, 0.15) is 6.61 Å². The lowest BCUT2D eigenvalue weighted by Gasteiger charge is -2.27. The van der Waals surface area contributed by atoms with E-state index in [2.05, 4.69) is 5.32 Å². The molecule has 2 fully saturated rings. The average molecular weight is 319 g/mol.